The number of benzene rings is 1. The Morgan fingerprint density at radius 1 is 1.11 bits per heavy atom. The third kappa shape index (κ3) is 4.78. The van der Waals surface area contributed by atoms with Gasteiger partial charge in [0.15, 0.2) is 0 Å². The average molecular weight is 481 g/mol. The SMILES string of the molecule is CCOC(=O)c1cc2cc(NC(=O)C(C)NC(=O)c3ccc(Br)s3)ccc2s1. The molecule has 2 amide bonds. The topological polar surface area (TPSA) is 84.5 Å². The van der Waals surface area contributed by atoms with Gasteiger partial charge in [-0.05, 0) is 71.6 Å². The van der Waals surface area contributed by atoms with E-state index in [4.69, 9.17) is 4.74 Å². The van der Waals surface area contributed by atoms with Gasteiger partial charge in [0.05, 0.1) is 15.3 Å². The first-order chi connectivity index (χ1) is 13.4. The van der Waals surface area contributed by atoms with Gasteiger partial charge in [0.25, 0.3) is 5.91 Å². The van der Waals surface area contributed by atoms with E-state index in [2.05, 4.69) is 26.6 Å². The molecule has 2 heterocycles. The van der Waals surface area contributed by atoms with Crippen molar-refractivity contribution in [2.75, 3.05) is 11.9 Å². The number of carbonyl (C=O) groups is 3. The van der Waals surface area contributed by atoms with Gasteiger partial charge in [0.1, 0.15) is 10.9 Å². The number of hydrogen-bond acceptors (Lipinski definition) is 6. The van der Waals surface area contributed by atoms with E-state index in [1.807, 2.05) is 6.07 Å². The predicted octanol–water partition coefficient (Wildman–Crippen LogP) is 4.66. The van der Waals surface area contributed by atoms with Crippen molar-refractivity contribution in [2.45, 2.75) is 19.9 Å². The molecule has 1 aromatic carbocycles. The van der Waals surface area contributed by atoms with E-state index in [-0.39, 0.29) is 17.8 Å². The molecule has 1 atom stereocenters. The highest BCUT2D eigenvalue weighted by molar-refractivity contribution is 9.11. The summed E-state index contributed by atoms with van der Waals surface area (Å²) < 4.78 is 6.79. The molecular weight excluding hydrogens is 464 g/mol. The van der Waals surface area contributed by atoms with Crippen LogP contribution in [0, 0.1) is 0 Å². The number of amides is 2. The van der Waals surface area contributed by atoms with E-state index in [1.54, 1.807) is 44.2 Å². The van der Waals surface area contributed by atoms with Crippen LogP contribution in [0.15, 0.2) is 40.2 Å². The molecular formula is C19H17BrN2O4S2. The summed E-state index contributed by atoms with van der Waals surface area (Å²) in [5, 5.41) is 6.31. The Kier molecular flexibility index (Phi) is 6.48. The summed E-state index contributed by atoms with van der Waals surface area (Å²) in [5.41, 5.74) is 0.589. The third-order valence-corrected chi connectivity index (χ3v) is 6.52. The molecule has 0 spiro atoms. The largest absolute Gasteiger partial charge is 0.462 e. The first-order valence-electron chi connectivity index (χ1n) is 8.45. The van der Waals surface area contributed by atoms with Crippen LogP contribution in [-0.2, 0) is 9.53 Å². The van der Waals surface area contributed by atoms with Gasteiger partial charge < -0.3 is 15.4 Å². The summed E-state index contributed by atoms with van der Waals surface area (Å²) in [6.45, 7) is 3.70. The Labute approximate surface area is 178 Å². The van der Waals surface area contributed by atoms with E-state index >= 15 is 0 Å². The molecule has 0 aliphatic rings. The van der Waals surface area contributed by atoms with Gasteiger partial charge in [0, 0.05) is 10.4 Å². The number of hydrogen-bond donors (Lipinski definition) is 2. The number of nitrogens with one attached hydrogen (secondary N) is 2. The molecule has 0 bridgehead atoms. The van der Waals surface area contributed by atoms with Crippen LogP contribution in [0.5, 0.6) is 0 Å². The molecule has 0 saturated heterocycles. The number of anilines is 1. The molecule has 0 radical (unpaired) electrons. The molecule has 2 N–H and O–H groups in total. The van der Waals surface area contributed by atoms with Crippen molar-refractivity contribution in [3.63, 3.8) is 0 Å². The summed E-state index contributed by atoms with van der Waals surface area (Å²) in [5.74, 6) is -0.985. The van der Waals surface area contributed by atoms with Crippen molar-refractivity contribution in [2.24, 2.45) is 0 Å². The lowest BCUT2D eigenvalue weighted by molar-refractivity contribution is -0.117. The molecule has 146 valence electrons. The van der Waals surface area contributed by atoms with Crippen LogP contribution >= 0.6 is 38.6 Å². The Bertz CT molecular complexity index is 1040. The monoisotopic (exact) mass is 480 g/mol. The van der Waals surface area contributed by atoms with E-state index in [1.165, 1.54) is 22.7 Å². The highest BCUT2D eigenvalue weighted by Crippen LogP contribution is 2.29. The Hall–Kier alpha value is -2.23. The van der Waals surface area contributed by atoms with Crippen LogP contribution in [0.25, 0.3) is 10.1 Å². The molecule has 2 aromatic heterocycles. The molecule has 6 nitrogen and oxygen atoms in total. The molecule has 0 aliphatic heterocycles. The fourth-order valence-corrected chi connectivity index (χ4v) is 4.67. The van der Waals surface area contributed by atoms with Crippen LogP contribution in [0.4, 0.5) is 5.69 Å². The second-order valence-corrected chi connectivity index (χ2v) is 9.42. The minimum Gasteiger partial charge on any atom is -0.462 e. The minimum atomic E-state index is -0.707. The standard InChI is InChI=1S/C19H17BrN2O4S2/c1-3-26-19(25)15-9-11-8-12(4-5-13(11)27-15)22-17(23)10(2)21-18(24)14-6-7-16(20)28-14/h4-10H,3H2,1-2H3,(H,21,24)(H,22,23). The van der Waals surface area contributed by atoms with Crippen molar-refractivity contribution in [3.8, 4) is 0 Å². The van der Waals surface area contributed by atoms with Crippen molar-refractivity contribution >= 4 is 72.2 Å². The van der Waals surface area contributed by atoms with Crippen LogP contribution < -0.4 is 10.6 Å². The Morgan fingerprint density at radius 2 is 1.89 bits per heavy atom. The lowest BCUT2D eigenvalue weighted by atomic mass is 10.2. The minimum absolute atomic E-state index is 0.300. The zero-order valence-corrected chi connectivity index (χ0v) is 18.3. The van der Waals surface area contributed by atoms with Gasteiger partial charge in [-0.15, -0.1) is 22.7 Å². The van der Waals surface area contributed by atoms with Crippen molar-refractivity contribution in [1.29, 1.82) is 0 Å². The lowest BCUT2D eigenvalue weighted by Gasteiger charge is -2.13. The van der Waals surface area contributed by atoms with Gasteiger partial charge in [0.2, 0.25) is 5.91 Å². The van der Waals surface area contributed by atoms with Crippen LogP contribution in [0.3, 0.4) is 0 Å². The number of ether oxygens (including phenoxy) is 1. The van der Waals surface area contributed by atoms with Crippen LogP contribution in [0.2, 0.25) is 0 Å². The maximum absolute atomic E-state index is 12.4. The van der Waals surface area contributed by atoms with Crippen molar-refractivity contribution in [3.05, 3.63) is 49.9 Å². The van der Waals surface area contributed by atoms with Crippen LogP contribution in [-0.4, -0.2) is 30.4 Å². The van der Waals surface area contributed by atoms with Gasteiger partial charge >= 0.3 is 5.97 Å². The summed E-state index contributed by atoms with van der Waals surface area (Å²) in [6, 6.07) is 9.90. The zero-order valence-electron chi connectivity index (χ0n) is 15.1. The maximum Gasteiger partial charge on any atom is 0.348 e. The molecule has 28 heavy (non-hydrogen) atoms. The number of fused-ring (bicyclic) bond motifs is 1. The highest BCUT2D eigenvalue weighted by atomic mass is 79.9. The van der Waals surface area contributed by atoms with Gasteiger partial charge in [-0.25, -0.2) is 4.79 Å². The molecule has 3 aromatic rings. The Balaban J connectivity index is 1.66. The summed E-state index contributed by atoms with van der Waals surface area (Å²) in [7, 11) is 0. The number of carbonyl (C=O) groups excluding carboxylic acids is 3. The number of thiophene rings is 2. The number of esters is 1. The smallest absolute Gasteiger partial charge is 0.348 e. The molecule has 0 saturated carbocycles. The Morgan fingerprint density at radius 3 is 2.57 bits per heavy atom. The number of halogens is 1. The molecule has 0 aliphatic carbocycles. The van der Waals surface area contributed by atoms with Gasteiger partial charge in [-0.2, -0.15) is 0 Å². The molecule has 1 unspecified atom stereocenters. The predicted molar refractivity (Wildman–Crippen MR) is 115 cm³/mol. The van der Waals surface area contributed by atoms with Gasteiger partial charge in [-0.3, -0.25) is 9.59 Å². The van der Waals surface area contributed by atoms with Gasteiger partial charge in [-0.1, -0.05) is 0 Å². The highest BCUT2D eigenvalue weighted by Gasteiger charge is 2.18. The van der Waals surface area contributed by atoms with Crippen molar-refractivity contribution < 1.29 is 19.1 Å². The lowest BCUT2D eigenvalue weighted by Crippen LogP contribution is -2.41. The summed E-state index contributed by atoms with van der Waals surface area (Å²) in [6.07, 6.45) is 0. The second kappa shape index (κ2) is 8.85. The molecule has 9 heteroatoms. The number of rotatable bonds is 6. The fourth-order valence-electron chi connectivity index (χ4n) is 2.44. The quantitative estimate of drug-likeness (QED) is 0.502. The summed E-state index contributed by atoms with van der Waals surface area (Å²) >= 11 is 5.95. The first-order valence-corrected chi connectivity index (χ1v) is 10.9. The average Bonchev–Trinajstić information content (AvgIpc) is 3.27. The van der Waals surface area contributed by atoms with E-state index in [0.29, 0.717) is 22.0 Å². The van der Waals surface area contributed by atoms with Crippen molar-refractivity contribution in [1.82, 2.24) is 5.32 Å². The third-order valence-electron chi connectivity index (χ3n) is 3.80. The van der Waals surface area contributed by atoms with E-state index in [9.17, 15) is 14.4 Å². The van der Waals surface area contributed by atoms with Crippen LogP contribution in [0.1, 0.15) is 33.2 Å². The summed E-state index contributed by atoms with van der Waals surface area (Å²) in [4.78, 5) is 37.5. The first kappa shape index (κ1) is 20.5. The van der Waals surface area contributed by atoms with E-state index in [0.717, 1.165) is 13.9 Å². The molecule has 0 fully saturated rings. The maximum atomic E-state index is 12.4. The second-order valence-electron chi connectivity index (χ2n) is 5.87. The van der Waals surface area contributed by atoms with E-state index < -0.39 is 6.04 Å². The normalized spacial score (nSPS) is 11.8. The fraction of sp³-hybridized carbons (Fsp3) is 0.211. The molecule has 3 rings (SSSR count). The zero-order chi connectivity index (χ0) is 20.3.